The van der Waals surface area contributed by atoms with E-state index in [1.54, 1.807) is 24.3 Å². The molecule has 0 bridgehead atoms. The van der Waals surface area contributed by atoms with Crippen LogP contribution in [0.5, 0.6) is 0 Å². The smallest absolute Gasteiger partial charge is 0.133 e. The predicted molar refractivity (Wildman–Crippen MR) is 73.2 cm³/mol. The van der Waals surface area contributed by atoms with E-state index in [-0.39, 0.29) is 5.82 Å². The lowest BCUT2D eigenvalue weighted by Crippen LogP contribution is -2.17. The Morgan fingerprint density at radius 3 is 2.16 bits per heavy atom. The van der Waals surface area contributed by atoms with Gasteiger partial charge < -0.3 is 4.90 Å². The molecule has 0 aromatic heterocycles. The molecule has 0 atom stereocenters. The van der Waals surface area contributed by atoms with Crippen LogP contribution in [0, 0.1) is 11.6 Å². The molecule has 0 spiro atoms. The first kappa shape index (κ1) is 12.2. The van der Waals surface area contributed by atoms with Gasteiger partial charge in [-0.15, -0.1) is 0 Å². The van der Waals surface area contributed by atoms with Crippen molar-refractivity contribution in [2.24, 2.45) is 0 Å². The van der Waals surface area contributed by atoms with E-state index in [4.69, 9.17) is 0 Å². The van der Waals surface area contributed by atoms with Gasteiger partial charge >= 0.3 is 0 Å². The van der Waals surface area contributed by atoms with Gasteiger partial charge in [0.05, 0.1) is 0 Å². The maximum Gasteiger partial charge on any atom is 0.133 e. The Balaban J connectivity index is 1.98. The van der Waals surface area contributed by atoms with Crippen LogP contribution in [0.1, 0.15) is 12.8 Å². The number of rotatable bonds is 2. The molecule has 0 unspecified atom stereocenters. The molecule has 0 amide bonds. The van der Waals surface area contributed by atoms with Gasteiger partial charge in [-0.2, -0.15) is 0 Å². The molecule has 1 nitrogen and oxygen atoms in total. The Morgan fingerprint density at radius 2 is 1.47 bits per heavy atom. The summed E-state index contributed by atoms with van der Waals surface area (Å²) in [6, 6.07) is 11.3. The van der Waals surface area contributed by atoms with E-state index in [2.05, 4.69) is 4.90 Å². The maximum absolute atomic E-state index is 14.2. The van der Waals surface area contributed by atoms with Crippen molar-refractivity contribution in [1.29, 1.82) is 0 Å². The van der Waals surface area contributed by atoms with E-state index in [9.17, 15) is 8.78 Å². The first-order valence-corrected chi connectivity index (χ1v) is 6.55. The summed E-state index contributed by atoms with van der Waals surface area (Å²) >= 11 is 0. The second kappa shape index (κ2) is 5.00. The zero-order valence-corrected chi connectivity index (χ0v) is 10.6. The Bertz CT molecular complexity index is 589. The van der Waals surface area contributed by atoms with Gasteiger partial charge in [0.15, 0.2) is 0 Å². The zero-order chi connectivity index (χ0) is 13.2. The minimum atomic E-state index is -0.393. The molecule has 0 radical (unpaired) electrons. The number of halogens is 2. The summed E-state index contributed by atoms with van der Waals surface area (Å²) < 4.78 is 27.9. The van der Waals surface area contributed by atoms with Crippen molar-refractivity contribution in [2.45, 2.75) is 12.8 Å². The third-order valence-electron chi connectivity index (χ3n) is 3.59. The molecule has 0 aliphatic carbocycles. The molecule has 1 saturated heterocycles. The minimum Gasteiger partial charge on any atom is -0.371 e. The van der Waals surface area contributed by atoms with Crippen LogP contribution in [0.2, 0.25) is 0 Å². The molecule has 0 N–H and O–H groups in total. The van der Waals surface area contributed by atoms with Gasteiger partial charge in [-0.25, -0.2) is 8.78 Å². The fourth-order valence-corrected chi connectivity index (χ4v) is 2.57. The topological polar surface area (TPSA) is 3.24 Å². The van der Waals surface area contributed by atoms with Crippen LogP contribution in [0.15, 0.2) is 42.5 Å². The van der Waals surface area contributed by atoms with E-state index in [1.807, 2.05) is 6.07 Å². The average molecular weight is 259 g/mol. The lowest BCUT2D eigenvalue weighted by molar-refractivity contribution is 0.616. The predicted octanol–water partition coefficient (Wildman–Crippen LogP) is 4.23. The molecule has 19 heavy (non-hydrogen) atoms. The average Bonchev–Trinajstić information content (AvgIpc) is 2.94. The molecular weight excluding hydrogens is 244 g/mol. The molecule has 1 aliphatic rings. The fourth-order valence-electron chi connectivity index (χ4n) is 2.57. The van der Waals surface area contributed by atoms with Crippen LogP contribution < -0.4 is 4.90 Å². The van der Waals surface area contributed by atoms with Crippen molar-refractivity contribution in [2.75, 3.05) is 18.0 Å². The Labute approximate surface area is 111 Å². The lowest BCUT2D eigenvalue weighted by Gasteiger charge is -2.18. The highest BCUT2D eigenvalue weighted by atomic mass is 19.1. The van der Waals surface area contributed by atoms with Gasteiger partial charge in [0.25, 0.3) is 0 Å². The van der Waals surface area contributed by atoms with Crippen molar-refractivity contribution in [3.8, 4) is 11.1 Å². The minimum absolute atomic E-state index is 0.313. The van der Waals surface area contributed by atoms with E-state index in [0.29, 0.717) is 11.1 Å². The van der Waals surface area contributed by atoms with Crippen LogP contribution >= 0.6 is 0 Å². The summed E-state index contributed by atoms with van der Waals surface area (Å²) in [4.78, 5) is 2.16. The number of benzene rings is 2. The SMILES string of the molecule is Fc1ccccc1-c1ccc(N2CCCC2)cc1F. The van der Waals surface area contributed by atoms with Crippen LogP contribution in [-0.2, 0) is 0 Å². The first-order valence-electron chi connectivity index (χ1n) is 6.55. The summed E-state index contributed by atoms with van der Waals surface area (Å²) in [5.74, 6) is -0.759. The molecule has 3 rings (SSSR count). The summed E-state index contributed by atoms with van der Waals surface area (Å²) in [6.07, 6.45) is 2.30. The van der Waals surface area contributed by atoms with Gasteiger partial charge in [0.1, 0.15) is 11.6 Å². The van der Waals surface area contributed by atoms with Crippen LogP contribution in [-0.4, -0.2) is 13.1 Å². The van der Waals surface area contributed by atoms with Gasteiger partial charge in [0.2, 0.25) is 0 Å². The Morgan fingerprint density at radius 1 is 0.789 bits per heavy atom. The fraction of sp³-hybridized carbons (Fsp3) is 0.250. The first-order chi connectivity index (χ1) is 9.25. The monoisotopic (exact) mass is 259 g/mol. The van der Waals surface area contributed by atoms with Gasteiger partial charge in [-0.1, -0.05) is 18.2 Å². The summed E-state index contributed by atoms with van der Waals surface area (Å²) in [5.41, 5.74) is 1.52. The van der Waals surface area contributed by atoms with E-state index >= 15 is 0 Å². The van der Waals surface area contributed by atoms with Crippen molar-refractivity contribution >= 4 is 5.69 Å². The Hall–Kier alpha value is -1.90. The number of hydrogen-bond acceptors (Lipinski definition) is 1. The third-order valence-corrected chi connectivity index (χ3v) is 3.59. The highest BCUT2D eigenvalue weighted by Gasteiger charge is 2.15. The van der Waals surface area contributed by atoms with E-state index < -0.39 is 5.82 Å². The molecule has 3 heteroatoms. The molecular formula is C16H15F2N. The quantitative estimate of drug-likeness (QED) is 0.780. The van der Waals surface area contributed by atoms with Crippen LogP contribution in [0.25, 0.3) is 11.1 Å². The summed E-state index contributed by atoms with van der Waals surface area (Å²) in [6.45, 7) is 1.94. The summed E-state index contributed by atoms with van der Waals surface area (Å²) in [7, 11) is 0. The van der Waals surface area contributed by atoms with Crippen LogP contribution in [0.3, 0.4) is 0 Å². The lowest BCUT2D eigenvalue weighted by atomic mass is 10.0. The third kappa shape index (κ3) is 2.33. The molecule has 98 valence electrons. The van der Waals surface area contributed by atoms with Crippen molar-refractivity contribution in [3.05, 3.63) is 54.1 Å². The molecule has 1 fully saturated rings. The van der Waals surface area contributed by atoms with E-state index in [1.165, 1.54) is 12.1 Å². The van der Waals surface area contributed by atoms with Crippen LogP contribution in [0.4, 0.5) is 14.5 Å². The number of hydrogen-bond donors (Lipinski definition) is 0. The van der Waals surface area contributed by atoms with Crippen molar-refractivity contribution in [3.63, 3.8) is 0 Å². The van der Waals surface area contributed by atoms with Crippen molar-refractivity contribution in [1.82, 2.24) is 0 Å². The summed E-state index contributed by atoms with van der Waals surface area (Å²) in [5, 5.41) is 0. The molecule has 1 heterocycles. The highest BCUT2D eigenvalue weighted by molar-refractivity contribution is 5.67. The number of anilines is 1. The normalized spacial score (nSPS) is 14.9. The second-order valence-corrected chi connectivity index (χ2v) is 4.84. The zero-order valence-electron chi connectivity index (χ0n) is 10.6. The molecule has 0 saturated carbocycles. The van der Waals surface area contributed by atoms with Gasteiger partial charge in [-0.05, 0) is 37.1 Å². The second-order valence-electron chi connectivity index (χ2n) is 4.84. The van der Waals surface area contributed by atoms with Gasteiger partial charge in [-0.3, -0.25) is 0 Å². The molecule has 1 aliphatic heterocycles. The Kier molecular flexibility index (Phi) is 3.20. The van der Waals surface area contributed by atoms with Crippen molar-refractivity contribution < 1.29 is 8.78 Å². The maximum atomic E-state index is 14.2. The highest BCUT2D eigenvalue weighted by Crippen LogP contribution is 2.29. The number of nitrogens with zero attached hydrogens (tertiary/aromatic N) is 1. The largest absolute Gasteiger partial charge is 0.371 e. The standard InChI is InChI=1S/C16H15F2N/c17-15-6-2-1-5-13(15)14-8-7-12(11-16(14)18)19-9-3-4-10-19/h1-2,5-8,11H,3-4,9-10H2. The van der Waals surface area contributed by atoms with Gasteiger partial charge in [0, 0.05) is 29.9 Å². The molecule has 2 aromatic rings. The molecule has 2 aromatic carbocycles. The van der Waals surface area contributed by atoms with E-state index in [0.717, 1.165) is 31.6 Å².